The molecule has 0 fully saturated rings. The zero-order valence-corrected chi connectivity index (χ0v) is 16.2. The Bertz CT molecular complexity index is 1580. The van der Waals surface area contributed by atoms with Crippen molar-refractivity contribution in [2.75, 3.05) is 0 Å². The van der Waals surface area contributed by atoms with Crippen LogP contribution in [0.3, 0.4) is 0 Å². The summed E-state index contributed by atoms with van der Waals surface area (Å²) in [6.45, 7) is 0. The molecule has 6 aromatic rings. The molecule has 0 atom stereocenters. The topological polar surface area (TPSA) is 34.1 Å². The van der Waals surface area contributed by atoms with Crippen LogP contribution in [0, 0.1) is 0 Å². The highest BCUT2D eigenvalue weighted by molar-refractivity contribution is 7.25. The van der Waals surface area contributed by atoms with Crippen LogP contribution in [-0.4, -0.2) is 0 Å². The van der Waals surface area contributed by atoms with E-state index >= 15 is 0 Å². The smallest absolute Gasteiger partial charge is 0.196 e. The van der Waals surface area contributed by atoms with E-state index in [0.717, 1.165) is 40.3 Å². The predicted octanol–water partition coefficient (Wildman–Crippen LogP) is 6.30. The van der Waals surface area contributed by atoms with Gasteiger partial charge in [-0.2, -0.15) is 0 Å². The maximum atomic E-state index is 13.3. The number of hydrogen-bond donors (Lipinski definition) is 0. The third kappa shape index (κ3) is 2.07. The van der Waals surface area contributed by atoms with Crippen molar-refractivity contribution in [2.45, 2.75) is 0 Å². The van der Waals surface area contributed by atoms with Crippen molar-refractivity contribution < 1.29 is 0 Å². The Morgan fingerprint density at radius 3 is 1.32 bits per heavy atom. The standard InChI is InChI=1S/C24H12O2S2/c25-23-15-5-1-3-7-17(15)27-19-11-10-14-13(21(19)23)9-12-20-22(14)24(26)16-6-2-4-8-18(16)28-20/h1-12H. The maximum absolute atomic E-state index is 13.3. The van der Waals surface area contributed by atoms with Crippen LogP contribution in [-0.2, 0) is 0 Å². The Balaban J connectivity index is 1.89. The van der Waals surface area contributed by atoms with Crippen molar-refractivity contribution in [1.29, 1.82) is 0 Å². The first kappa shape index (κ1) is 15.9. The quantitative estimate of drug-likeness (QED) is 0.223. The first-order valence-corrected chi connectivity index (χ1v) is 10.6. The largest absolute Gasteiger partial charge is 0.288 e. The van der Waals surface area contributed by atoms with E-state index in [0.29, 0.717) is 10.8 Å². The van der Waals surface area contributed by atoms with E-state index in [1.807, 2.05) is 72.8 Å². The highest BCUT2D eigenvalue weighted by atomic mass is 32.1. The van der Waals surface area contributed by atoms with E-state index in [2.05, 4.69) is 0 Å². The fourth-order valence-electron chi connectivity index (χ4n) is 4.00. The molecular weight excluding hydrogens is 384 g/mol. The lowest BCUT2D eigenvalue weighted by atomic mass is 10.0. The Kier molecular flexibility index (Phi) is 3.25. The van der Waals surface area contributed by atoms with Crippen molar-refractivity contribution in [1.82, 2.24) is 0 Å². The lowest BCUT2D eigenvalue weighted by molar-refractivity contribution is 1.76. The van der Waals surface area contributed by atoms with Crippen LogP contribution in [0.2, 0.25) is 0 Å². The van der Waals surface area contributed by atoms with E-state index in [4.69, 9.17) is 0 Å². The molecule has 4 heteroatoms. The SMILES string of the molecule is O=c1c2ccccc2sc2ccc3c(ccc4sc5ccccc5c(=O)c43)c12. The minimum Gasteiger partial charge on any atom is -0.288 e. The van der Waals surface area contributed by atoms with Gasteiger partial charge >= 0.3 is 0 Å². The third-order valence-corrected chi connectivity index (χ3v) is 7.55. The summed E-state index contributed by atoms with van der Waals surface area (Å²) in [4.78, 5) is 26.5. The van der Waals surface area contributed by atoms with Gasteiger partial charge in [0, 0.05) is 40.3 Å². The summed E-state index contributed by atoms with van der Waals surface area (Å²) >= 11 is 3.23. The molecule has 2 aromatic heterocycles. The summed E-state index contributed by atoms with van der Waals surface area (Å²) in [5.74, 6) is 0. The van der Waals surface area contributed by atoms with Crippen LogP contribution in [0.15, 0.2) is 82.4 Å². The first-order valence-electron chi connectivity index (χ1n) is 8.95. The van der Waals surface area contributed by atoms with E-state index in [9.17, 15) is 9.59 Å². The molecule has 132 valence electrons. The van der Waals surface area contributed by atoms with Crippen LogP contribution < -0.4 is 10.9 Å². The Morgan fingerprint density at radius 2 is 0.857 bits per heavy atom. The van der Waals surface area contributed by atoms with E-state index < -0.39 is 0 Å². The summed E-state index contributed by atoms with van der Waals surface area (Å²) in [6, 6.07) is 23.4. The molecule has 0 aliphatic heterocycles. The van der Waals surface area contributed by atoms with Gasteiger partial charge in [-0.25, -0.2) is 0 Å². The van der Waals surface area contributed by atoms with Crippen LogP contribution >= 0.6 is 22.7 Å². The normalized spacial score (nSPS) is 11.9. The van der Waals surface area contributed by atoms with E-state index in [1.165, 1.54) is 0 Å². The monoisotopic (exact) mass is 396 g/mol. The first-order chi connectivity index (χ1) is 13.7. The van der Waals surface area contributed by atoms with Gasteiger partial charge in [-0.15, -0.1) is 22.7 Å². The summed E-state index contributed by atoms with van der Waals surface area (Å²) in [5, 5.41) is 4.60. The van der Waals surface area contributed by atoms with Gasteiger partial charge in [0.15, 0.2) is 10.9 Å². The molecule has 2 nitrogen and oxygen atoms in total. The summed E-state index contributed by atoms with van der Waals surface area (Å²) in [5.41, 5.74) is 0.0671. The van der Waals surface area contributed by atoms with Gasteiger partial charge in [-0.05, 0) is 47.2 Å². The minimum atomic E-state index is 0.0335. The van der Waals surface area contributed by atoms with Crippen LogP contribution in [0.25, 0.3) is 51.1 Å². The summed E-state index contributed by atoms with van der Waals surface area (Å²) in [7, 11) is 0. The average molecular weight is 396 g/mol. The highest BCUT2D eigenvalue weighted by Crippen LogP contribution is 2.35. The second-order valence-electron chi connectivity index (χ2n) is 6.83. The van der Waals surface area contributed by atoms with Crippen LogP contribution in [0.5, 0.6) is 0 Å². The second kappa shape index (κ2) is 5.71. The number of benzene rings is 4. The maximum Gasteiger partial charge on any atom is 0.196 e. The lowest BCUT2D eigenvalue weighted by Crippen LogP contribution is -2.04. The van der Waals surface area contributed by atoms with Gasteiger partial charge in [-0.1, -0.05) is 36.4 Å². The molecule has 0 aliphatic carbocycles. The van der Waals surface area contributed by atoms with E-state index in [-0.39, 0.29) is 10.9 Å². The number of hydrogen-bond acceptors (Lipinski definition) is 4. The number of fused-ring (bicyclic) bond motifs is 7. The van der Waals surface area contributed by atoms with Crippen LogP contribution in [0.4, 0.5) is 0 Å². The zero-order chi connectivity index (χ0) is 18.8. The number of rotatable bonds is 0. The third-order valence-electron chi connectivity index (χ3n) is 5.28. The van der Waals surface area contributed by atoms with Crippen molar-refractivity contribution in [3.63, 3.8) is 0 Å². The molecule has 6 rings (SSSR count). The minimum absolute atomic E-state index is 0.0335. The molecule has 0 saturated heterocycles. The Morgan fingerprint density at radius 1 is 0.429 bits per heavy atom. The molecule has 0 N–H and O–H groups in total. The molecule has 4 aromatic carbocycles. The molecule has 0 bridgehead atoms. The van der Waals surface area contributed by atoms with Crippen molar-refractivity contribution in [2.24, 2.45) is 0 Å². The molecule has 2 heterocycles. The molecule has 0 aliphatic rings. The predicted molar refractivity (Wildman–Crippen MR) is 122 cm³/mol. The van der Waals surface area contributed by atoms with Gasteiger partial charge in [-0.3, -0.25) is 9.59 Å². The highest BCUT2D eigenvalue weighted by Gasteiger charge is 2.14. The summed E-state index contributed by atoms with van der Waals surface area (Å²) in [6.07, 6.45) is 0. The molecule has 0 unspecified atom stereocenters. The average Bonchev–Trinajstić information content (AvgIpc) is 2.73. The van der Waals surface area contributed by atoms with Crippen molar-refractivity contribution >= 4 is 73.8 Å². The lowest BCUT2D eigenvalue weighted by Gasteiger charge is -2.08. The van der Waals surface area contributed by atoms with Crippen molar-refractivity contribution in [3.05, 3.63) is 93.2 Å². The Hall–Kier alpha value is -3.08. The summed E-state index contributed by atoms with van der Waals surface area (Å²) < 4.78 is 3.87. The molecule has 0 spiro atoms. The second-order valence-corrected chi connectivity index (χ2v) is 8.99. The van der Waals surface area contributed by atoms with Gasteiger partial charge in [0.25, 0.3) is 0 Å². The van der Waals surface area contributed by atoms with Crippen LogP contribution in [0.1, 0.15) is 0 Å². The molecule has 28 heavy (non-hydrogen) atoms. The van der Waals surface area contributed by atoms with Gasteiger partial charge < -0.3 is 0 Å². The van der Waals surface area contributed by atoms with Crippen molar-refractivity contribution in [3.8, 4) is 0 Å². The zero-order valence-electron chi connectivity index (χ0n) is 14.6. The fourth-order valence-corrected chi connectivity index (χ4v) is 6.19. The molecule has 0 amide bonds. The molecular formula is C24H12O2S2. The fraction of sp³-hybridized carbons (Fsp3) is 0. The Labute approximate surface area is 166 Å². The molecule has 0 saturated carbocycles. The van der Waals surface area contributed by atoms with E-state index in [1.54, 1.807) is 22.7 Å². The van der Waals surface area contributed by atoms with Gasteiger partial charge in [0.1, 0.15) is 0 Å². The van der Waals surface area contributed by atoms with Gasteiger partial charge in [0.2, 0.25) is 0 Å². The molecule has 0 radical (unpaired) electrons. The van der Waals surface area contributed by atoms with Gasteiger partial charge in [0.05, 0.1) is 0 Å².